The number of benzene rings is 1. The molecule has 0 aliphatic carbocycles. The zero-order valence-electron chi connectivity index (χ0n) is 13.5. The van der Waals surface area contributed by atoms with Crippen LogP contribution in [0.1, 0.15) is 25.0 Å². The van der Waals surface area contributed by atoms with E-state index in [2.05, 4.69) is 21.4 Å². The van der Waals surface area contributed by atoms with Crippen molar-refractivity contribution in [1.29, 1.82) is 0 Å². The summed E-state index contributed by atoms with van der Waals surface area (Å²) in [6.45, 7) is 2.99. The molecule has 3 rings (SSSR count). The lowest BCUT2D eigenvalue weighted by molar-refractivity contribution is -0.116. The lowest BCUT2D eigenvalue weighted by atomic mass is 10.0. The van der Waals surface area contributed by atoms with Crippen molar-refractivity contribution in [3.8, 4) is 35.0 Å². The maximum absolute atomic E-state index is 12.0. The van der Waals surface area contributed by atoms with E-state index in [-0.39, 0.29) is 5.91 Å². The van der Waals surface area contributed by atoms with Gasteiger partial charge < -0.3 is 14.8 Å². The fraction of sp³-hybridized carbons (Fsp3) is 0.333. The van der Waals surface area contributed by atoms with E-state index in [0.717, 1.165) is 22.6 Å². The minimum absolute atomic E-state index is 0.101. The van der Waals surface area contributed by atoms with Gasteiger partial charge in [-0.25, -0.2) is 0 Å². The van der Waals surface area contributed by atoms with Crippen molar-refractivity contribution < 1.29 is 14.3 Å². The Labute approximate surface area is 140 Å². The number of aromatic amines is 1. The molecule has 0 spiro atoms. The number of aryl methyl sites for hydroxylation is 1. The number of fused-ring (bicyclic) bond motifs is 1. The van der Waals surface area contributed by atoms with Gasteiger partial charge in [0.2, 0.25) is 5.91 Å². The molecule has 0 unspecified atom stereocenters. The standard InChI is InChI=1S/C18H19N3O3/c1-3-4-5-6-16(22)19-18-17(12(2)20-21-18)13-7-8-14-15(11-13)24-10-9-23-14/h1,7-8,11H,4-6,9-10H2,2H3,(H2,19,20,21,22). The van der Waals surface area contributed by atoms with Crippen LogP contribution < -0.4 is 14.8 Å². The Morgan fingerprint density at radius 3 is 2.96 bits per heavy atom. The molecule has 1 aromatic heterocycles. The molecule has 2 heterocycles. The zero-order valence-corrected chi connectivity index (χ0v) is 13.5. The molecule has 1 amide bonds. The minimum atomic E-state index is -0.101. The normalized spacial score (nSPS) is 12.5. The van der Waals surface area contributed by atoms with Crippen LogP contribution in [0.5, 0.6) is 11.5 Å². The van der Waals surface area contributed by atoms with E-state index in [9.17, 15) is 4.79 Å². The largest absolute Gasteiger partial charge is 0.486 e. The Hall–Kier alpha value is -2.94. The van der Waals surface area contributed by atoms with Gasteiger partial charge in [0.15, 0.2) is 17.3 Å². The molecule has 24 heavy (non-hydrogen) atoms. The van der Waals surface area contributed by atoms with Crippen molar-refractivity contribution >= 4 is 11.7 Å². The van der Waals surface area contributed by atoms with Crippen LogP contribution >= 0.6 is 0 Å². The van der Waals surface area contributed by atoms with E-state index in [4.69, 9.17) is 15.9 Å². The number of hydrogen-bond acceptors (Lipinski definition) is 4. The number of carbonyl (C=O) groups is 1. The van der Waals surface area contributed by atoms with E-state index in [1.807, 2.05) is 25.1 Å². The summed E-state index contributed by atoms with van der Waals surface area (Å²) in [6.07, 6.45) is 6.82. The Balaban J connectivity index is 1.82. The van der Waals surface area contributed by atoms with Crippen LogP contribution in [0, 0.1) is 19.3 Å². The van der Waals surface area contributed by atoms with E-state index in [0.29, 0.717) is 44.0 Å². The number of nitrogens with one attached hydrogen (secondary N) is 2. The highest BCUT2D eigenvalue weighted by atomic mass is 16.6. The molecule has 1 aromatic carbocycles. The fourth-order valence-corrected chi connectivity index (χ4v) is 2.62. The Morgan fingerprint density at radius 2 is 2.17 bits per heavy atom. The van der Waals surface area contributed by atoms with Crippen LogP contribution in [0.2, 0.25) is 0 Å². The number of aromatic nitrogens is 2. The van der Waals surface area contributed by atoms with E-state index >= 15 is 0 Å². The van der Waals surface area contributed by atoms with Gasteiger partial charge in [0.05, 0.1) is 0 Å². The first-order valence-electron chi connectivity index (χ1n) is 7.87. The number of carbonyl (C=O) groups excluding carboxylic acids is 1. The number of hydrogen-bond donors (Lipinski definition) is 2. The Kier molecular flexibility index (Phi) is 4.71. The number of unbranched alkanes of at least 4 members (excludes halogenated alkanes) is 1. The smallest absolute Gasteiger partial charge is 0.225 e. The molecular weight excluding hydrogens is 306 g/mol. The molecule has 6 nitrogen and oxygen atoms in total. The highest BCUT2D eigenvalue weighted by molar-refractivity contribution is 5.94. The number of terminal acetylenes is 1. The number of nitrogens with zero attached hydrogens (tertiary/aromatic N) is 1. The molecule has 0 saturated heterocycles. The van der Waals surface area contributed by atoms with Crippen molar-refractivity contribution in [3.63, 3.8) is 0 Å². The van der Waals surface area contributed by atoms with E-state index in [1.54, 1.807) is 0 Å². The fourth-order valence-electron chi connectivity index (χ4n) is 2.62. The van der Waals surface area contributed by atoms with Crippen LogP contribution in [-0.2, 0) is 4.79 Å². The molecule has 0 atom stereocenters. The van der Waals surface area contributed by atoms with Gasteiger partial charge in [0.1, 0.15) is 13.2 Å². The van der Waals surface area contributed by atoms with Crippen LogP contribution in [0.3, 0.4) is 0 Å². The molecule has 0 radical (unpaired) electrons. The molecule has 1 aliphatic rings. The van der Waals surface area contributed by atoms with E-state index < -0.39 is 0 Å². The highest BCUT2D eigenvalue weighted by Crippen LogP contribution is 2.37. The third-order valence-corrected chi connectivity index (χ3v) is 3.76. The third-order valence-electron chi connectivity index (χ3n) is 3.76. The zero-order chi connectivity index (χ0) is 16.9. The lowest BCUT2D eigenvalue weighted by Gasteiger charge is -2.19. The van der Waals surface area contributed by atoms with Gasteiger partial charge in [-0.05, 0) is 31.0 Å². The van der Waals surface area contributed by atoms with Crippen LogP contribution in [0.15, 0.2) is 18.2 Å². The van der Waals surface area contributed by atoms with Crippen molar-refractivity contribution in [2.24, 2.45) is 0 Å². The van der Waals surface area contributed by atoms with Gasteiger partial charge in [0, 0.05) is 24.1 Å². The monoisotopic (exact) mass is 325 g/mol. The summed E-state index contributed by atoms with van der Waals surface area (Å²) in [5.74, 6) is 4.36. The summed E-state index contributed by atoms with van der Waals surface area (Å²) >= 11 is 0. The topological polar surface area (TPSA) is 76.2 Å². The van der Waals surface area contributed by atoms with Crippen molar-refractivity contribution in [2.45, 2.75) is 26.2 Å². The van der Waals surface area contributed by atoms with Crippen molar-refractivity contribution in [2.75, 3.05) is 18.5 Å². The first-order chi connectivity index (χ1) is 11.7. The summed E-state index contributed by atoms with van der Waals surface area (Å²) in [5.41, 5.74) is 2.62. The lowest BCUT2D eigenvalue weighted by Crippen LogP contribution is -2.15. The second kappa shape index (κ2) is 7.09. The van der Waals surface area contributed by atoms with Crippen LogP contribution in [0.25, 0.3) is 11.1 Å². The number of H-pyrrole nitrogens is 1. The van der Waals surface area contributed by atoms with Gasteiger partial charge in [0.25, 0.3) is 0 Å². The average Bonchev–Trinajstić information content (AvgIpc) is 2.95. The quantitative estimate of drug-likeness (QED) is 0.655. The van der Waals surface area contributed by atoms with Crippen LogP contribution in [-0.4, -0.2) is 29.3 Å². The number of rotatable bonds is 5. The van der Waals surface area contributed by atoms with Gasteiger partial charge in [-0.15, -0.1) is 12.3 Å². The molecule has 124 valence electrons. The first kappa shape index (κ1) is 15.9. The van der Waals surface area contributed by atoms with E-state index in [1.165, 1.54) is 0 Å². The number of ether oxygens (including phenoxy) is 2. The summed E-state index contributed by atoms with van der Waals surface area (Å²) in [7, 11) is 0. The van der Waals surface area contributed by atoms with Crippen LogP contribution in [0.4, 0.5) is 5.82 Å². The highest BCUT2D eigenvalue weighted by Gasteiger charge is 2.18. The SMILES string of the molecule is C#CCCCC(=O)Nc1n[nH]c(C)c1-c1ccc2c(c1)OCCO2. The minimum Gasteiger partial charge on any atom is -0.486 e. The summed E-state index contributed by atoms with van der Waals surface area (Å²) in [6, 6.07) is 5.70. The van der Waals surface area contributed by atoms with Crippen molar-refractivity contribution in [1.82, 2.24) is 10.2 Å². The molecule has 0 fully saturated rings. The Bertz CT molecular complexity index is 789. The van der Waals surface area contributed by atoms with Gasteiger partial charge in [-0.2, -0.15) is 5.10 Å². The molecule has 6 heteroatoms. The molecule has 2 N–H and O–H groups in total. The second-order valence-electron chi connectivity index (χ2n) is 5.54. The summed E-state index contributed by atoms with van der Waals surface area (Å²) < 4.78 is 11.2. The Morgan fingerprint density at radius 1 is 1.38 bits per heavy atom. The number of amides is 1. The summed E-state index contributed by atoms with van der Waals surface area (Å²) in [5, 5.41) is 9.97. The molecule has 2 aromatic rings. The summed E-state index contributed by atoms with van der Waals surface area (Å²) in [4.78, 5) is 12.0. The predicted octanol–water partition coefficient (Wildman–Crippen LogP) is 2.90. The third kappa shape index (κ3) is 3.35. The number of anilines is 1. The maximum atomic E-state index is 12.0. The molecule has 0 bridgehead atoms. The van der Waals surface area contributed by atoms with Gasteiger partial charge in [-0.3, -0.25) is 9.89 Å². The maximum Gasteiger partial charge on any atom is 0.225 e. The van der Waals surface area contributed by atoms with Gasteiger partial charge in [-0.1, -0.05) is 6.07 Å². The van der Waals surface area contributed by atoms with Crippen molar-refractivity contribution in [3.05, 3.63) is 23.9 Å². The molecule has 1 aliphatic heterocycles. The first-order valence-corrected chi connectivity index (χ1v) is 7.87. The average molecular weight is 325 g/mol. The van der Waals surface area contributed by atoms with Gasteiger partial charge >= 0.3 is 0 Å². The predicted molar refractivity (Wildman–Crippen MR) is 91.1 cm³/mol. The second-order valence-corrected chi connectivity index (χ2v) is 5.54. The molecular formula is C18H19N3O3. The molecule has 0 saturated carbocycles.